The Bertz CT molecular complexity index is 822. The van der Waals surface area contributed by atoms with Gasteiger partial charge >= 0.3 is 0 Å². The highest BCUT2D eigenvalue weighted by Crippen LogP contribution is 2.31. The van der Waals surface area contributed by atoms with Crippen molar-refractivity contribution in [3.63, 3.8) is 0 Å². The number of aromatic nitrogens is 2. The Morgan fingerprint density at radius 1 is 1.12 bits per heavy atom. The summed E-state index contributed by atoms with van der Waals surface area (Å²) in [7, 11) is 0. The summed E-state index contributed by atoms with van der Waals surface area (Å²) in [6.45, 7) is 2.06. The third-order valence-electron chi connectivity index (χ3n) is 3.36. The number of hydrogen-bond acceptors (Lipinski definition) is 6. The van der Waals surface area contributed by atoms with Crippen LogP contribution in [0.5, 0.6) is 0 Å². The minimum absolute atomic E-state index is 0.176. The minimum atomic E-state index is -0.176. The lowest BCUT2D eigenvalue weighted by atomic mass is 10.1. The molecule has 24 heavy (non-hydrogen) atoms. The number of aryl methyl sites for hydroxylation is 1. The van der Waals surface area contributed by atoms with Gasteiger partial charge in [0, 0.05) is 5.69 Å². The fourth-order valence-corrected chi connectivity index (χ4v) is 4.06. The Hall–Kier alpha value is -2.36. The van der Waals surface area contributed by atoms with Crippen molar-refractivity contribution in [1.29, 1.82) is 5.26 Å². The first-order valence-electron chi connectivity index (χ1n) is 7.50. The number of nitrogens with one attached hydrogen (secondary N) is 1. The van der Waals surface area contributed by atoms with Gasteiger partial charge in [-0.05, 0) is 31.0 Å². The summed E-state index contributed by atoms with van der Waals surface area (Å²) in [6, 6.07) is 20.5. The van der Waals surface area contributed by atoms with Crippen molar-refractivity contribution >= 4 is 33.9 Å². The number of thioether (sulfide) groups is 1. The first kappa shape index (κ1) is 16.5. The van der Waals surface area contributed by atoms with Crippen LogP contribution in [0.15, 0.2) is 58.9 Å². The highest BCUT2D eigenvalue weighted by molar-refractivity contribution is 8.01. The van der Waals surface area contributed by atoms with Crippen LogP contribution in [0.3, 0.4) is 0 Å². The summed E-state index contributed by atoms with van der Waals surface area (Å²) in [6.07, 6.45) is 0.697. The maximum absolute atomic E-state index is 9.42. The quantitative estimate of drug-likeness (QED) is 0.645. The zero-order valence-electron chi connectivity index (χ0n) is 13.1. The van der Waals surface area contributed by atoms with Crippen molar-refractivity contribution in [2.45, 2.75) is 22.9 Å². The molecule has 1 heterocycles. The molecule has 0 aliphatic rings. The third kappa shape index (κ3) is 4.57. The Morgan fingerprint density at radius 2 is 1.88 bits per heavy atom. The van der Waals surface area contributed by atoms with Gasteiger partial charge in [-0.2, -0.15) is 5.26 Å². The third-order valence-corrected chi connectivity index (χ3v) is 5.37. The van der Waals surface area contributed by atoms with Gasteiger partial charge in [0.1, 0.15) is 5.25 Å². The van der Waals surface area contributed by atoms with E-state index in [1.54, 1.807) is 0 Å². The van der Waals surface area contributed by atoms with Gasteiger partial charge in [-0.3, -0.25) is 0 Å². The van der Waals surface area contributed by atoms with E-state index < -0.39 is 0 Å². The first-order chi connectivity index (χ1) is 11.7. The number of nitrogens with zero attached hydrogens (tertiary/aromatic N) is 3. The number of nitriles is 1. The lowest BCUT2D eigenvalue weighted by molar-refractivity contribution is 0.990. The smallest absolute Gasteiger partial charge is 0.210 e. The Morgan fingerprint density at radius 3 is 2.58 bits per heavy atom. The molecule has 3 aromatic rings. The molecular formula is C18H16N4S2. The zero-order chi connectivity index (χ0) is 16.8. The molecule has 6 heteroatoms. The maximum atomic E-state index is 9.42. The Balaban J connectivity index is 1.62. The molecule has 0 radical (unpaired) electrons. The van der Waals surface area contributed by atoms with E-state index in [2.05, 4.69) is 52.8 Å². The van der Waals surface area contributed by atoms with Crippen LogP contribution < -0.4 is 5.32 Å². The minimum Gasteiger partial charge on any atom is -0.330 e. The van der Waals surface area contributed by atoms with Crippen LogP contribution in [0.25, 0.3) is 0 Å². The predicted octanol–water partition coefficient (Wildman–Crippen LogP) is 4.82. The molecule has 0 bridgehead atoms. The molecule has 0 spiro atoms. The van der Waals surface area contributed by atoms with E-state index in [1.807, 2.05) is 30.3 Å². The largest absolute Gasteiger partial charge is 0.330 e. The molecule has 0 saturated heterocycles. The second kappa shape index (κ2) is 7.95. The van der Waals surface area contributed by atoms with Crippen LogP contribution in [-0.2, 0) is 6.42 Å². The molecule has 3 rings (SSSR count). The van der Waals surface area contributed by atoms with Crippen molar-refractivity contribution in [1.82, 2.24) is 10.2 Å². The van der Waals surface area contributed by atoms with Crippen molar-refractivity contribution in [3.8, 4) is 6.07 Å². The topological polar surface area (TPSA) is 61.6 Å². The van der Waals surface area contributed by atoms with Gasteiger partial charge in [-0.1, -0.05) is 71.1 Å². The van der Waals surface area contributed by atoms with Crippen LogP contribution >= 0.6 is 23.1 Å². The number of anilines is 2. The Kier molecular flexibility index (Phi) is 5.47. The molecule has 4 nitrogen and oxygen atoms in total. The van der Waals surface area contributed by atoms with Crippen molar-refractivity contribution in [2.24, 2.45) is 0 Å². The lowest BCUT2D eigenvalue weighted by Gasteiger charge is -2.06. The summed E-state index contributed by atoms with van der Waals surface area (Å²) >= 11 is 2.93. The van der Waals surface area contributed by atoms with E-state index in [0.717, 1.165) is 20.7 Å². The summed E-state index contributed by atoms with van der Waals surface area (Å²) in [4.78, 5) is 0. The van der Waals surface area contributed by atoms with Gasteiger partial charge < -0.3 is 5.32 Å². The number of rotatable bonds is 6. The molecule has 120 valence electrons. The van der Waals surface area contributed by atoms with E-state index in [4.69, 9.17) is 0 Å². The van der Waals surface area contributed by atoms with E-state index in [0.29, 0.717) is 6.42 Å². The summed E-state index contributed by atoms with van der Waals surface area (Å²) < 4.78 is 0.798. The van der Waals surface area contributed by atoms with E-state index in [1.165, 1.54) is 28.7 Å². The summed E-state index contributed by atoms with van der Waals surface area (Å²) in [5.41, 5.74) is 3.36. The molecule has 1 N–H and O–H groups in total. The van der Waals surface area contributed by atoms with E-state index >= 15 is 0 Å². The molecule has 0 amide bonds. The van der Waals surface area contributed by atoms with Gasteiger partial charge in [-0.15, -0.1) is 10.2 Å². The molecule has 0 aliphatic carbocycles. The Labute approximate surface area is 149 Å². The molecule has 0 saturated carbocycles. The van der Waals surface area contributed by atoms with E-state index in [9.17, 15) is 5.26 Å². The van der Waals surface area contributed by atoms with Crippen molar-refractivity contribution in [2.75, 3.05) is 5.32 Å². The molecular weight excluding hydrogens is 336 g/mol. The monoisotopic (exact) mass is 352 g/mol. The van der Waals surface area contributed by atoms with Crippen LogP contribution in [0.4, 0.5) is 10.8 Å². The van der Waals surface area contributed by atoms with Crippen LogP contribution in [0.1, 0.15) is 11.1 Å². The molecule has 1 atom stereocenters. The van der Waals surface area contributed by atoms with Gasteiger partial charge in [0.05, 0.1) is 6.07 Å². The fraction of sp³-hybridized carbons (Fsp3) is 0.167. The predicted molar refractivity (Wildman–Crippen MR) is 99.8 cm³/mol. The standard InChI is InChI=1S/C18H16N4S2/c1-13-7-9-14(10-8-13)11-16(12-19)23-18-22-21-17(24-18)20-15-5-3-2-4-6-15/h2-10,16H,11H2,1H3,(H,20,21). The van der Waals surface area contributed by atoms with Crippen LogP contribution in [0.2, 0.25) is 0 Å². The number of benzene rings is 2. The van der Waals surface area contributed by atoms with Gasteiger partial charge in [-0.25, -0.2) is 0 Å². The first-order valence-corrected chi connectivity index (χ1v) is 9.20. The van der Waals surface area contributed by atoms with E-state index in [-0.39, 0.29) is 5.25 Å². The second-order valence-corrected chi connectivity index (χ2v) is 7.72. The number of hydrogen-bond donors (Lipinski definition) is 1. The summed E-state index contributed by atoms with van der Waals surface area (Å²) in [5.74, 6) is 0. The maximum Gasteiger partial charge on any atom is 0.210 e. The highest BCUT2D eigenvalue weighted by atomic mass is 32.2. The average Bonchev–Trinajstić information content (AvgIpc) is 3.04. The molecule has 0 fully saturated rings. The molecule has 1 aromatic heterocycles. The van der Waals surface area contributed by atoms with Crippen molar-refractivity contribution in [3.05, 3.63) is 65.7 Å². The highest BCUT2D eigenvalue weighted by Gasteiger charge is 2.14. The fourth-order valence-electron chi connectivity index (χ4n) is 2.13. The molecule has 2 aromatic carbocycles. The van der Waals surface area contributed by atoms with Crippen LogP contribution in [0, 0.1) is 18.3 Å². The zero-order valence-corrected chi connectivity index (χ0v) is 14.8. The normalized spacial score (nSPS) is 11.7. The lowest BCUT2D eigenvalue weighted by Crippen LogP contribution is -2.03. The molecule has 1 unspecified atom stereocenters. The van der Waals surface area contributed by atoms with Crippen LogP contribution in [-0.4, -0.2) is 15.4 Å². The van der Waals surface area contributed by atoms with Gasteiger partial charge in [0.25, 0.3) is 0 Å². The van der Waals surface area contributed by atoms with Crippen molar-refractivity contribution < 1.29 is 0 Å². The average molecular weight is 352 g/mol. The van der Waals surface area contributed by atoms with Gasteiger partial charge in [0.15, 0.2) is 4.34 Å². The second-order valence-electron chi connectivity index (χ2n) is 5.29. The van der Waals surface area contributed by atoms with Gasteiger partial charge in [0.2, 0.25) is 5.13 Å². The number of para-hydroxylation sites is 1. The molecule has 0 aliphatic heterocycles. The summed E-state index contributed by atoms with van der Waals surface area (Å²) in [5, 5.41) is 21.5. The SMILES string of the molecule is Cc1ccc(CC(C#N)Sc2nnc(Nc3ccccc3)s2)cc1.